The molecule has 1 aliphatic rings. The van der Waals surface area contributed by atoms with Crippen LogP contribution in [0.15, 0.2) is 52.1 Å². The first-order valence-corrected chi connectivity index (χ1v) is 11.8. The molecule has 0 spiro atoms. The second-order valence-corrected chi connectivity index (χ2v) is 9.04. The maximum Gasteiger partial charge on any atom is 0.352 e. The van der Waals surface area contributed by atoms with Crippen LogP contribution >= 0.6 is 0 Å². The summed E-state index contributed by atoms with van der Waals surface area (Å²) in [5, 5.41) is 9.98. The van der Waals surface area contributed by atoms with Gasteiger partial charge in [0.25, 0.3) is 11.5 Å². The topological polar surface area (TPSA) is 120 Å². The first-order chi connectivity index (χ1) is 17.3. The number of nitrogens with zero attached hydrogens (tertiary/aromatic N) is 4. The first kappa shape index (κ1) is 23.5. The molecule has 2 amide bonds. The van der Waals surface area contributed by atoms with Gasteiger partial charge in [0.2, 0.25) is 11.7 Å². The van der Waals surface area contributed by atoms with Gasteiger partial charge in [-0.3, -0.25) is 19.0 Å². The highest BCUT2D eigenvalue weighted by Crippen LogP contribution is 2.19. The Labute approximate surface area is 204 Å². The number of benzene rings is 2. The van der Waals surface area contributed by atoms with Gasteiger partial charge in [0.15, 0.2) is 0 Å². The molecule has 186 valence electrons. The van der Waals surface area contributed by atoms with Crippen molar-refractivity contribution in [3.63, 3.8) is 0 Å². The molecule has 10 nitrogen and oxygen atoms in total. The first-order valence-electron chi connectivity index (χ1n) is 11.8. The molecular weight excluding hydrogens is 467 g/mol. The van der Waals surface area contributed by atoms with Crippen LogP contribution in [0, 0.1) is 5.82 Å². The number of halogens is 1. The van der Waals surface area contributed by atoms with Crippen LogP contribution < -0.4 is 21.9 Å². The van der Waals surface area contributed by atoms with E-state index in [1.807, 2.05) is 0 Å². The Balaban J connectivity index is 1.51. The number of aryl methyl sites for hydroxylation is 1. The lowest BCUT2D eigenvalue weighted by Crippen LogP contribution is -2.36. The number of rotatable bonds is 5. The van der Waals surface area contributed by atoms with Gasteiger partial charge in [-0.2, -0.15) is 0 Å². The van der Waals surface area contributed by atoms with Crippen LogP contribution in [-0.2, 0) is 18.4 Å². The van der Waals surface area contributed by atoms with E-state index >= 15 is 0 Å². The molecule has 0 atom stereocenters. The van der Waals surface area contributed by atoms with Crippen LogP contribution in [0.4, 0.5) is 10.1 Å². The quantitative estimate of drug-likeness (QED) is 0.443. The Bertz CT molecular complexity index is 1610. The number of carbonyl (C=O) groups excluding carboxylic acids is 2. The van der Waals surface area contributed by atoms with Crippen molar-refractivity contribution in [1.82, 2.24) is 24.1 Å². The second kappa shape index (κ2) is 9.40. The molecule has 2 N–H and O–H groups in total. The highest BCUT2D eigenvalue weighted by Gasteiger charge is 2.20. The third kappa shape index (κ3) is 4.39. The molecule has 1 fully saturated rings. The number of hydrogen-bond acceptors (Lipinski definition) is 5. The van der Waals surface area contributed by atoms with Crippen LogP contribution in [0.3, 0.4) is 0 Å². The summed E-state index contributed by atoms with van der Waals surface area (Å²) in [6, 6.07) is 10.1. The predicted octanol–water partition coefficient (Wildman–Crippen LogP) is 2.19. The molecule has 36 heavy (non-hydrogen) atoms. The standard InChI is InChI=1S/C25H25FN6O4/c1-30-23(35)19-11-10-15(22(34)28-17-7-3-2-4-8-17)12-20(19)32-24(30)29-31(25(32)36)14-21(33)27-18-9-5-6-16(26)13-18/h5-6,9-13,17H,2-4,7-8,14H2,1H3,(H,27,33)(H,28,34). The number of nitrogens with one attached hydrogen (secondary N) is 2. The fourth-order valence-electron chi connectivity index (χ4n) is 4.66. The van der Waals surface area contributed by atoms with Crippen molar-refractivity contribution >= 4 is 34.2 Å². The SMILES string of the molecule is Cn1c(=O)c2ccc(C(=O)NC3CCCCC3)cc2n2c(=O)n(CC(=O)Nc3cccc(F)c3)nc12. The van der Waals surface area contributed by atoms with Crippen LogP contribution in [-0.4, -0.2) is 36.6 Å². The summed E-state index contributed by atoms with van der Waals surface area (Å²) >= 11 is 0. The minimum absolute atomic E-state index is 0.0286. The van der Waals surface area contributed by atoms with Crippen LogP contribution in [0.25, 0.3) is 16.7 Å². The van der Waals surface area contributed by atoms with Gasteiger partial charge in [-0.05, 0) is 49.2 Å². The summed E-state index contributed by atoms with van der Waals surface area (Å²) in [5.74, 6) is -1.34. The van der Waals surface area contributed by atoms with Crippen molar-refractivity contribution in [2.45, 2.75) is 44.7 Å². The Kier molecular flexibility index (Phi) is 6.13. The molecule has 0 saturated heterocycles. The lowest BCUT2D eigenvalue weighted by atomic mass is 9.95. The van der Waals surface area contributed by atoms with Crippen molar-refractivity contribution < 1.29 is 14.0 Å². The Hall–Kier alpha value is -4.28. The summed E-state index contributed by atoms with van der Waals surface area (Å²) in [7, 11) is 1.48. The number of fused-ring (bicyclic) bond motifs is 3. The number of aromatic nitrogens is 4. The molecule has 0 bridgehead atoms. The Morgan fingerprint density at radius 3 is 2.61 bits per heavy atom. The highest BCUT2D eigenvalue weighted by atomic mass is 19.1. The summed E-state index contributed by atoms with van der Waals surface area (Å²) < 4.78 is 16.8. The minimum Gasteiger partial charge on any atom is -0.349 e. The van der Waals surface area contributed by atoms with E-state index < -0.39 is 29.5 Å². The highest BCUT2D eigenvalue weighted by molar-refractivity contribution is 5.98. The van der Waals surface area contributed by atoms with Gasteiger partial charge >= 0.3 is 5.69 Å². The molecule has 1 aliphatic carbocycles. The average molecular weight is 493 g/mol. The summed E-state index contributed by atoms with van der Waals surface area (Å²) in [6.07, 6.45) is 5.15. The molecule has 5 rings (SSSR count). The summed E-state index contributed by atoms with van der Waals surface area (Å²) in [6.45, 7) is -0.450. The summed E-state index contributed by atoms with van der Waals surface area (Å²) in [5.41, 5.74) is -0.247. The van der Waals surface area contributed by atoms with E-state index in [-0.39, 0.29) is 34.3 Å². The van der Waals surface area contributed by atoms with Gasteiger partial charge in [0, 0.05) is 24.3 Å². The van der Waals surface area contributed by atoms with Crippen molar-refractivity contribution in [1.29, 1.82) is 0 Å². The zero-order valence-electron chi connectivity index (χ0n) is 19.7. The van der Waals surface area contributed by atoms with E-state index in [2.05, 4.69) is 15.7 Å². The van der Waals surface area contributed by atoms with E-state index in [1.165, 1.54) is 46.3 Å². The molecular formula is C25H25FN6O4. The maximum absolute atomic E-state index is 13.4. The number of amides is 2. The molecule has 11 heteroatoms. The largest absolute Gasteiger partial charge is 0.352 e. The Morgan fingerprint density at radius 1 is 1.08 bits per heavy atom. The monoisotopic (exact) mass is 492 g/mol. The molecule has 1 saturated carbocycles. The molecule has 2 heterocycles. The zero-order valence-corrected chi connectivity index (χ0v) is 19.7. The number of hydrogen-bond donors (Lipinski definition) is 2. The lowest BCUT2D eigenvalue weighted by Gasteiger charge is -2.22. The fourth-order valence-corrected chi connectivity index (χ4v) is 4.66. The van der Waals surface area contributed by atoms with Crippen LogP contribution in [0.1, 0.15) is 42.5 Å². The fraction of sp³-hybridized carbons (Fsp3) is 0.320. The average Bonchev–Trinajstić information content (AvgIpc) is 3.18. The van der Waals surface area contributed by atoms with Gasteiger partial charge in [-0.25, -0.2) is 18.3 Å². The van der Waals surface area contributed by atoms with Crippen LogP contribution in [0.5, 0.6) is 0 Å². The summed E-state index contributed by atoms with van der Waals surface area (Å²) in [4.78, 5) is 51.6. The van der Waals surface area contributed by atoms with E-state index in [4.69, 9.17) is 0 Å². The van der Waals surface area contributed by atoms with E-state index in [9.17, 15) is 23.6 Å². The molecule has 2 aromatic carbocycles. The minimum atomic E-state index is -0.648. The third-order valence-corrected chi connectivity index (χ3v) is 6.50. The van der Waals surface area contributed by atoms with Gasteiger partial charge in [0.05, 0.1) is 10.9 Å². The van der Waals surface area contributed by atoms with Gasteiger partial charge in [0.1, 0.15) is 12.4 Å². The van der Waals surface area contributed by atoms with Crippen molar-refractivity contribution in [3.8, 4) is 0 Å². The normalized spacial score (nSPS) is 14.3. The zero-order chi connectivity index (χ0) is 25.4. The molecule has 2 aromatic heterocycles. The predicted molar refractivity (Wildman–Crippen MR) is 132 cm³/mol. The molecule has 0 radical (unpaired) electrons. The van der Waals surface area contributed by atoms with E-state index in [0.717, 1.165) is 42.9 Å². The smallest absolute Gasteiger partial charge is 0.349 e. The lowest BCUT2D eigenvalue weighted by molar-refractivity contribution is -0.117. The van der Waals surface area contributed by atoms with Crippen LogP contribution in [0.2, 0.25) is 0 Å². The number of carbonyl (C=O) groups is 2. The van der Waals surface area contributed by atoms with Crippen molar-refractivity contribution in [2.75, 3.05) is 5.32 Å². The molecule has 0 unspecified atom stereocenters. The molecule has 0 aliphatic heterocycles. The van der Waals surface area contributed by atoms with E-state index in [1.54, 1.807) is 6.07 Å². The van der Waals surface area contributed by atoms with Crippen molar-refractivity contribution in [2.24, 2.45) is 7.05 Å². The molecule has 4 aromatic rings. The third-order valence-electron chi connectivity index (χ3n) is 6.50. The van der Waals surface area contributed by atoms with Gasteiger partial charge < -0.3 is 10.6 Å². The Morgan fingerprint density at radius 2 is 1.86 bits per heavy atom. The van der Waals surface area contributed by atoms with E-state index in [0.29, 0.717) is 5.56 Å². The second-order valence-electron chi connectivity index (χ2n) is 9.04. The maximum atomic E-state index is 13.4. The van der Waals surface area contributed by atoms with Crippen molar-refractivity contribution in [3.05, 3.63) is 74.7 Å². The van der Waals surface area contributed by atoms with Gasteiger partial charge in [-0.15, -0.1) is 5.10 Å². The number of anilines is 1. The van der Waals surface area contributed by atoms with Gasteiger partial charge in [-0.1, -0.05) is 25.3 Å².